The summed E-state index contributed by atoms with van der Waals surface area (Å²) in [5.74, 6) is 3.45. The maximum absolute atomic E-state index is 4.91. The molecule has 3 aromatic heterocycles. The fraction of sp³-hybridized carbons (Fsp3) is 0.200. The highest BCUT2D eigenvalue weighted by Gasteiger charge is 1.90. The highest BCUT2D eigenvalue weighted by Crippen LogP contribution is 2.11. The van der Waals surface area contributed by atoms with Crippen molar-refractivity contribution in [3.8, 4) is 0 Å². The molecular formula is C15H18O3S2. The zero-order chi connectivity index (χ0) is 14.8. The second kappa shape index (κ2) is 9.44. The van der Waals surface area contributed by atoms with E-state index in [0.29, 0.717) is 5.75 Å². The lowest BCUT2D eigenvalue weighted by atomic mass is 10.5. The van der Waals surface area contributed by atoms with Crippen molar-refractivity contribution in [1.29, 1.82) is 0 Å². The van der Waals surface area contributed by atoms with E-state index in [-0.39, 0.29) is 0 Å². The Morgan fingerprint density at radius 1 is 0.900 bits per heavy atom. The van der Waals surface area contributed by atoms with Crippen molar-refractivity contribution in [2.45, 2.75) is 24.5 Å². The Balaban J connectivity index is 0.000000151. The number of thiol groups is 2. The predicted octanol–water partition coefficient (Wildman–Crippen LogP) is 5.17. The van der Waals surface area contributed by atoms with Crippen LogP contribution in [0.4, 0.5) is 0 Å². The highest BCUT2D eigenvalue weighted by atomic mass is 32.1. The molecule has 0 saturated carbocycles. The molecule has 0 aliphatic carbocycles. The molecule has 0 unspecified atom stereocenters. The summed E-state index contributed by atoms with van der Waals surface area (Å²) in [6.45, 7) is 3.79. The van der Waals surface area contributed by atoms with Crippen LogP contribution in [0.5, 0.6) is 0 Å². The van der Waals surface area contributed by atoms with E-state index in [1.54, 1.807) is 18.8 Å². The first-order valence-corrected chi connectivity index (χ1v) is 7.08. The molecule has 0 radical (unpaired) electrons. The van der Waals surface area contributed by atoms with Crippen molar-refractivity contribution in [3.05, 3.63) is 66.4 Å². The third-order valence-corrected chi connectivity index (χ3v) is 3.01. The molecule has 5 heteroatoms. The Hall–Kier alpha value is -1.46. The van der Waals surface area contributed by atoms with Crippen molar-refractivity contribution in [1.82, 2.24) is 0 Å². The summed E-state index contributed by atoms with van der Waals surface area (Å²) in [6, 6.07) is 9.35. The fourth-order valence-electron chi connectivity index (χ4n) is 1.14. The largest absolute Gasteiger partial charge is 0.470 e. The standard InChI is InChI=1S/2C5H6OS.C5H6O/c1-4-5(7)2-3-6-4;7-4-5-2-1-3-6-5;1-5-3-2-4-6-5/h2-3,7H,1H3;1-3,7H,4H2;2-4H,1H3. The Labute approximate surface area is 129 Å². The van der Waals surface area contributed by atoms with E-state index < -0.39 is 0 Å². The molecule has 0 N–H and O–H groups in total. The van der Waals surface area contributed by atoms with E-state index in [0.717, 1.165) is 22.2 Å². The van der Waals surface area contributed by atoms with Gasteiger partial charge in [0.15, 0.2) is 0 Å². The van der Waals surface area contributed by atoms with Crippen LogP contribution in [0.25, 0.3) is 0 Å². The van der Waals surface area contributed by atoms with Crippen LogP contribution in [0.2, 0.25) is 0 Å². The van der Waals surface area contributed by atoms with Gasteiger partial charge in [0.25, 0.3) is 0 Å². The van der Waals surface area contributed by atoms with Gasteiger partial charge < -0.3 is 13.3 Å². The zero-order valence-electron chi connectivity index (χ0n) is 11.4. The molecule has 3 heterocycles. The van der Waals surface area contributed by atoms with Crippen LogP contribution in [0.1, 0.15) is 17.3 Å². The van der Waals surface area contributed by atoms with E-state index in [1.807, 2.05) is 44.2 Å². The number of hydrogen-bond acceptors (Lipinski definition) is 5. The molecule has 3 aromatic rings. The van der Waals surface area contributed by atoms with E-state index in [2.05, 4.69) is 25.3 Å². The van der Waals surface area contributed by atoms with Gasteiger partial charge in [-0.15, -0.1) is 12.6 Å². The number of rotatable bonds is 1. The number of aryl methyl sites for hydroxylation is 2. The lowest BCUT2D eigenvalue weighted by Crippen LogP contribution is -1.62. The second-order valence-electron chi connectivity index (χ2n) is 3.82. The molecule has 0 spiro atoms. The second-order valence-corrected chi connectivity index (χ2v) is 4.62. The smallest absolute Gasteiger partial charge is 0.113 e. The Kier molecular flexibility index (Phi) is 7.84. The maximum atomic E-state index is 4.91. The van der Waals surface area contributed by atoms with Crippen LogP contribution in [0, 0.1) is 13.8 Å². The third kappa shape index (κ3) is 6.63. The van der Waals surface area contributed by atoms with Crippen molar-refractivity contribution < 1.29 is 13.3 Å². The van der Waals surface area contributed by atoms with E-state index in [1.165, 1.54) is 0 Å². The van der Waals surface area contributed by atoms with Crippen LogP contribution in [0.3, 0.4) is 0 Å². The summed E-state index contributed by atoms with van der Waals surface area (Å²) in [5, 5.41) is 0. The first-order valence-electron chi connectivity index (χ1n) is 6.00. The minimum atomic E-state index is 0.688. The third-order valence-electron chi connectivity index (χ3n) is 2.23. The minimum Gasteiger partial charge on any atom is -0.470 e. The fourth-order valence-corrected chi connectivity index (χ4v) is 1.43. The average Bonchev–Trinajstić information content (AvgIpc) is 3.17. The topological polar surface area (TPSA) is 39.4 Å². The first kappa shape index (κ1) is 16.6. The molecule has 0 aliphatic heterocycles. The summed E-state index contributed by atoms with van der Waals surface area (Å²) >= 11 is 8.04. The molecule has 108 valence electrons. The molecular weight excluding hydrogens is 292 g/mol. The van der Waals surface area contributed by atoms with Crippen LogP contribution in [-0.2, 0) is 5.75 Å². The molecule has 0 saturated heterocycles. The minimum absolute atomic E-state index is 0.688. The molecule has 0 amide bonds. The quantitative estimate of drug-likeness (QED) is 0.609. The van der Waals surface area contributed by atoms with Gasteiger partial charge in [0.2, 0.25) is 0 Å². The van der Waals surface area contributed by atoms with Crippen LogP contribution < -0.4 is 0 Å². The van der Waals surface area contributed by atoms with Gasteiger partial charge in [-0.05, 0) is 44.2 Å². The van der Waals surface area contributed by atoms with Gasteiger partial charge in [-0.2, -0.15) is 12.6 Å². The van der Waals surface area contributed by atoms with Crippen molar-refractivity contribution in [2.24, 2.45) is 0 Å². The summed E-state index contributed by atoms with van der Waals surface area (Å²) in [4.78, 5) is 0.917. The summed E-state index contributed by atoms with van der Waals surface area (Å²) in [7, 11) is 0. The van der Waals surface area contributed by atoms with E-state index in [4.69, 9.17) is 13.3 Å². The summed E-state index contributed by atoms with van der Waals surface area (Å²) in [6.07, 6.45) is 4.93. The average molecular weight is 310 g/mol. The van der Waals surface area contributed by atoms with Gasteiger partial charge in [-0.3, -0.25) is 0 Å². The molecule has 0 atom stereocenters. The molecule has 0 aromatic carbocycles. The molecule has 3 nitrogen and oxygen atoms in total. The van der Waals surface area contributed by atoms with Gasteiger partial charge >= 0.3 is 0 Å². The summed E-state index contributed by atoms with van der Waals surface area (Å²) < 4.78 is 14.6. The van der Waals surface area contributed by atoms with Crippen LogP contribution in [0.15, 0.2) is 67.3 Å². The number of hydrogen-bond donors (Lipinski definition) is 2. The predicted molar refractivity (Wildman–Crippen MR) is 85.5 cm³/mol. The lowest BCUT2D eigenvalue weighted by molar-refractivity contribution is 0.527. The van der Waals surface area contributed by atoms with Gasteiger partial charge in [0.05, 0.1) is 18.8 Å². The SMILES string of the molecule is Cc1ccco1.Cc1occc1S.SCc1ccco1. The Morgan fingerprint density at radius 3 is 1.80 bits per heavy atom. The van der Waals surface area contributed by atoms with Crippen molar-refractivity contribution in [2.75, 3.05) is 0 Å². The molecule has 20 heavy (non-hydrogen) atoms. The Bertz CT molecular complexity index is 537. The van der Waals surface area contributed by atoms with Gasteiger partial charge in [-0.1, -0.05) is 0 Å². The Morgan fingerprint density at radius 2 is 1.60 bits per heavy atom. The maximum Gasteiger partial charge on any atom is 0.113 e. The number of furan rings is 3. The molecule has 0 fully saturated rings. The van der Waals surface area contributed by atoms with Crippen molar-refractivity contribution in [3.63, 3.8) is 0 Å². The van der Waals surface area contributed by atoms with Gasteiger partial charge in [0, 0.05) is 10.6 Å². The summed E-state index contributed by atoms with van der Waals surface area (Å²) in [5.41, 5.74) is 0. The monoisotopic (exact) mass is 310 g/mol. The van der Waals surface area contributed by atoms with Crippen molar-refractivity contribution >= 4 is 25.3 Å². The molecule has 3 rings (SSSR count). The highest BCUT2D eigenvalue weighted by molar-refractivity contribution is 7.80. The van der Waals surface area contributed by atoms with Gasteiger partial charge in [0.1, 0.15) is 17.3 Å². The first-order chi connectivity index (χ1) is 9.63. The van der Waals surface area contributed by atoms with Gasteiger partial charge in [-0.25, -0.2) is 0 Å². The zero-order valence-corrected chi connectivity index (χ0v) is 13.2. The van der Waals surface area contributed by atoms with Crippen LogP contribution in [-0.4, -0.2) is 0 Å². The normalized spacial score (nSPS) is 9.20. The van der Waals surface area contributed by atoms with E-state index in [9.17, 15) is 0 Å². The van der Waals surface area contributed by atoms with E-state index >= 15 is 0 Å². The molecule has 0 bridgehead atoms. The van der Waals surface area contributed by atoms with Crippen LogP contribution >= 0.6 is 25.3 Å². The molecule has 0 aliphatic rings. The lowest BCUT2D eigenvalue weighted by Gasteiger charge is -1.79.